The van der Waals surface area contributed by atoms with Crippen molar-refractivity contribution in [3.8, 4) is 11.1 Å². The number of halogens is 1. The van der Waals surface area contributed by atoms with Gasteiger partial charge in [0, 0.05) is 23.7 Å². The van der Waals surface area contributed by atoms with Crippen LogP contribution < -0.4 is 11.1 Å². The molecule has 3 aromatic rings. The van der Waals surface area contributed by atoms with Crippen LogP contribution in [0.25, 0.3) is 11.1 Å². The number of carbonyl (C=O) groups excluding carboxylic acids is 2. The number of carboxylic acid groups (broad SMARTS) is 1. The summed E-state index contributed by atoms with van der Waals surface area (Å²) in [6, 6.07) is 12.1. The lowest BCUT2D eigenvalue weighted by molar-refractivity contribution is -0.139. The number of carbonyl (C=O) groups is 3. The van der Waals surface area contributed by atoms with Crippen LogP contribution in [0.4, 0.5) is 0 Å². The molecule has 0 bridgehead atoms. The molecule has 0 aliphatic carbocycles. The number of Topliss-reactive ketones (excluding diaryl/α,β-unsaturated/α-hetero) is 1. The molecule has 180 valence electrons. The molecule has 0 aliphatic rings. The number of carboxylic acids is 1. The third-order valence-electron chi connectivity index (χ3n) is 5.17. The van der Waals surface area contributed by atoms with Gasteiger partial charge in [-0.25, -0.2) is 9.78 Å². The normalized spacial score (nSPS) is 12.3. The monoisotopic (exact) mass is 502 g/mol. The average molecular weight is 503 g/mol. The molecule has 0 saturated carbocycles. The molecule has 3 rings (SSSR count). The summed E-state index contributed by atoms with van der Waals surface area (Å²) in [4.78, 5) is 44.5. The lowest BCUT2D eigenvalue weighted by Crippen LogP contribution is -2.41. The van der Waals surface area contributed by atoms with E-state index in [1.165, 1.54) is 18.1 Å². The number of nitrogens with two attached hydrogens (primary N) is 1. The Balaban J connectivity index is 0.00000408. The molecule has 2 atom stereocenters. The molecule has 0 unspecified atom stereocenters. The van der Waals surface area contributed by atoms with Gasteiger partial charge in [0.25, 0.3) is 5.91 Å². The average Bonchev–Trinajstić information content (AvgIpc) is 3.34. The third-order valence-corrected chi connectivity index (χ3v) is 5.81. The molecule has 0 aliphatic heterocycles. The fraction of sp³-hybridized carbons (Fsp3) is 0.250. The number of nitrogens with zero attached hydrogens (tertiary/aromatic N) is 1. The Morgan fingerprint density at radius 3 is 2.53 bits per heavy atom. The second-order valence-corrected chi connectivity index (χ2v) is 8.49. The molecule has 5 N–H and O–H groups in total. The smallest absolute Gasteiger partial charge is 0.326 e. The van der Waals surface area contributed by atoms with Crippen molar-refractivity contribution in [2.24, 2.45) is 5.73 Å². The Bertz CT molecular complexity index is 1110. The highest BCUT2D eigenvalue weighted by molar-refractivity contribution is 7.98. The second-order valence-electron chi connectivity index (χ2n) is 7.51. The van der Waals surface area contributed by atoms with Crippen LogP contribution in [0.15, 0.2) is 61.1 Å². The Kier molecular flexibility index (Phi) is 10.3. The molecule has 34 heavy (non-hydrogen) atoms. The van der Waals surface area contributed by atoms with Crippen molar-refractivity contribution in [2.45, 2.75) is 24.9 Å². The van der Waals surface area contributed by atoms with Crippen molar-refractivity contribution in [3.63, 3.8) is 0 Å². The molecule has 0 fully saturated rings. The van der Waals surface area contributed by atoms with Gasteiger partial charge < -0.3 is 21.1 Å². The van der Waals surface area contributed by atoms with Crippen LogP contribution >= 0.6 is 24.2 Å². The number of hydrogen-bond acceptors (Lipinski definition) is 6. The van der Waals surface area contributed by atoms with Crippen LogP contribution in [0, 0.1) is 0 Å². The largest absolute Gasteiger partial charge is 0.480 e. The quantitative estimate of drug-likeness (QED) is 0.295. The summed E-state index contributed by atoms with van der Waals surface area (Å²) in [6.07, 6.45) is 5.67. The summed E-state index contributed by atoms with van der Waals surface area (Å²) < 4.78 is 0. The maximum Gasteiger partial charge on any atom is 0.326 e. The van der Waals surface area contributed by atoms with Gasteiger partial charge in [0.15, 0.2) is 5.78 Å². The lowest BCUT2D eigenvalue weighted by Gasteiger charge is -2.17. The van der Waals surface area contributed by atoms with Crippen LogP contribution in [-0.4, -0.2) is 56.8 Å². The van der Waals surface area contributed by atoms with Crippen molar-refractivity contribution in [1.82, 2.24) is 15.3 Å². The van der Waals surface area contributed by atoms with Crippen molar-refractivity contribution >= 4 is 41.8 Å². The van der Waals surface area contributed by atoms with Gasteiger partial charge in [-0.2, -0.15) is 11.8 Å². The summed E-state index contributed by atoms with van der Waals surface area (Å²) in [5.41, 5.74) is 8.71. The Hall–Kier alpha value is -3.14. The zero-order valence-electron chi connectivity index (χ0n) is 18.6. The number of ketones is 1. The number of rotatable bonds is 11. The van der Waals surface area contributed by atoms with E-state index in [2.05, 4.69) is 15.3 Å². The third kappa shape index (κ3) is 6.93. The van der Waals surface area contributed by atoms with Gasteiger partial charge in [0.05, 0.1) is 18.1 Å². The number of hydrogen-bond donors (Lipinski definition) is 4. The summed E-state index contributed by atoms with van der Waals surface area (Å²) in [7, 11) is 0. The fourth-order valence-electron chi connectivity index (χ4n) is 3.42. The Morgan fingerprint density at radius 1 is 1.18 bits per heavy atom. The van der Waals surface area contributed by atoms with E-state index in [-0.39, 0.29) is 30.2 Å². The number of aliphatic carboxylic acids is 1. The predicted octanol–water partition coefficient (Wildman–Crippen LogP) is 3.19. The first kappa shape index (κ1) is 27.1. The SMILES string of the molecule is CSCC[C@H](NC(=O)c1ccc(C(=O)[C@@H](N)Cc2c[nH]cn2)cc1-c1ccccc1)C(=O)O.Cl. The van der Waals surface area contributed by atoms with Crippen LogP contribution in [-0.2, 0) is 11.2 Å². The number of amides is 1. The van der Waals surface area contributed by atoms with Gasteiger partial charge in [0.1, 0.15) is 6.04 Å². The standard InChI is InChI=1S/C24H26N4O4S.ClH/c1-33-10-9-21(24(31)32)28-23(30)18-8-7-16(11-19(18)15-5-3-2-4-6-15)22(29)20(25)12-17-13-26-14-27-17;/h2-8,11,13-14,20-21H,9-10,12,25H2,1H3,(H,26,27)(H,28,30)(H,31,32);1H/t20-,21-;/m0./s1. The van der Waals surface area contributed by atoms with Gasteiger partial charge in [-0.1, -0.05) is 36.4 Å². The van der Waals surface area contributed by atoms with E-state index >= 15 is 0 Å². The van der Waals surface area contributed by atoms with E-state index in [1.54, 1.807) is 24.4 Å². The van der Waals surface area contributed by atoms with Gasteiger partial charge >= 0.3 is 5.97 Å². The minimum atomic E-state index is -1.09. The zero-order chi connectivity index (χ0) is 23.8. The van der Waals surface area contributed by atoms with Gasteiger partial charge in [-0.3, -0.25) is 9.59 Å². The predicted molar refractivity (Wildman–Crippen MR) is 136 cm³/mol. The van der Waals surface area contributed by atoms with Crippen LogP contribution in [0.1, 0.15) is 32.8 Å². The highest BCUT2D eigenvalue weighted by atomic mass is 35.5. The minimum Gasteiger partial charge on any atom is -0.480 e. The number of aromatic nitrogens is 2. The number of thioether (sulfide) groups is 1. The van der Waals surface area contributed by atoms with E-state index < -0.39 is 24.0 Å². The first-order chi connectivity index (χ1) is 15.9. The highest BCUT2D eigenvalue weighted by Gasteiger charge is 2.24. The van der Waals surface area contributed by atoms with Gasteiger partial charge in [0.2, 0.25) is 0 Å². The number of H-pyrrole nitrogens is 1. The minimum absolute atomic E-state index is 0. The maximum atomic E-state index is 13.0. The van der Waals surface area contributed by atoms with Crippen molar-refractivity contribution < 1.29 is 19.5 Å². The second kappa shape index (κ2) is 12.9. The van der Waals surface area contributed by atoms with Gasteiger partial charge in [-0.15, -0.1) is 12.4 Å². The summed E-state index contributed by atoms with van der Waals surface area (Å²) in [5.74, 6) is -1.27. The van der Waals surface area contributed by atoms with E-state index in [0.717, 1.165) is 5.56 Å². The van der Waals surface area contributed by atoms with E-state index in [4.69, 9.17) is 5.73 Å². The first-order valence-electron chi connectivity index (χ1n) is 10.4. The van der Waals surface area contributed by atoms with Crippen molar-refractivity contribution in [3.05, 3.63) is 77.9 Å². The molecule has 8 nitrogen and oxygen atoms in total. The Labute approximate surface area is 208 Å². The Morgan fingerprint density at radius 2 is 1.91 bits per heavy atom. The topological polar surface area (TPSA) is 138 Å². The highest BCUT2D eigenvalue weighted by Crippen LogP contribution is 2.26. The van der Waals surface area contributed by atoms with E-state index in [0.29, 0.717) is 29.0 Å². The zero-order valence-corrected chi connectivity index (χ0v) is 20.2. The molecule has 1 aromatic heterocycles. The lowest BCUT2D eigenvalue weighted by atomic mass is 9.93. The molecule has 1 amide bonds. The maximum absolute atomic E-state index is 13.0. The van der Waals surface area contributed by atoms with Crippen LogP contribution in [0.5, 0.6) is 0 Å². The van der Waals surface area contributed by atoms with Crippen molar-refractivity contribution in [2.75, 3.05) is 12.0 Å². The summed E-state index contributed by atoms with van der Waals surface area (Å²) in [6.45, 7) is 0. The number of aromatic amines is 1. The summed E-state index contributed by atoms with van der Waals surface area (Å²) in [5, 5.41) is 12.1. The molecular weight excluding hydrogens is 476 g/mol. The molecular formula is C24H27ClN4O4S. The fourth-order valence-corrected chi connectivity index (χ4v) is 3.89. The summed E-state index contributed by atoms with van der Waals surface area (Å²) >= 11 is 1.51. The first-order valence-corrected chi connectivity index (χ1v) is 11.8. The molecule has 0 radical (unpaired) electrons. The molecule has 0 saturated heterocycles. The number of imidazole rings is 1. The van der Waals surface area contributed by atoms with E-state index in [1.807, 2.05) is 36.6 Å². The van der Waals surface area contributed by atoms with E-state index in [9.17, 15) is 19.5 Å². The van der Waals surface area contributed by atoms with Crippen molar-refractivity contribution in [1.29, 1.82) is 0 Å². The number of benzene rings is 2. The van der Waals surface area contributed by atoms with Gasteiger partial charge in [-0.05, 0) is 41.7 Å². The van der Waals surface area contributed by atoms with Crippen LogP contribution in [0.2, 0.25) is 0 Å². The molecule has 10 heteroatoms. The molecule has 1 heterocycles. The molecule has 0 spiro atoms. The molecule has 2 aromatic carbocycles. The van der Waals surface area contributed by atoms with Crippen LogP contribution in [0.3, 0.4) is 0 Å². The number of nitrogens with one attached hydrogen (secondary N) is 2.